The minimum Gasteiger partial charge on any atom is -0.423 e. The maximum atomic E-state index is 13.0. The molecule has 1 saturated heterocycles. The van der Waals surface area contributed by atoms with Crippen molar-refractivity contribution in [3.05, 3.63) is 24.0 Å². The van der Waals surface area contributed by atoms with Crippen molar-refractivity contribution in [2.45, 2.75) is 6.42 Å². The summed E-state index contributed by atoms with van der Waals surface area (Å²) in [7, 11) is 0. The van der Waals surface area contributed by atoms with E-state index in [9.17, 15) is 4.39 Å². The van der Waals surface area contributed by atoms with Gasteiger partial charge in [0.2, 0.25) is 0 Å². The van der Waals surface area contributed by atoms with E-state index in [2.05, 4.69) is 15.2 Å². The van der Waals surface area contributed by atoms with Gasteiger partial charge < -0.3 is 14.6 Å². The van der Waals surface area contributed by atoms with Gasteiger partial charge in [-0.2, -0.15) is 4.98 Å². The number of rotatable bonds is 1. The number of hydrogen-bond donors (Lipinski definition) is 1. The van der Waals surface area contributed by atoms with Crippen molar-refractivity contribution in [3.63, 3.8) is 0 Å². The molecule has 0 unspecified atom stereocenters. The molecular weight excluding hydrogens is 221 g/mol. The normalized spacial score (nSPS) is 17.4. The Balaban J connectivity index is 1.93. The quantitative estimate of drug-likeness (QED) is 0.817. The number of fused-ring (bicyclic) bond motifs is 1. The van der Waals surface area contributed by atoms with Crippen LogP contribution >= 0.6 is 0 Å². The largest absolute Gasteiger partial charge is 0.423 e. The summed E-state index contributed by atoms with van der Waals surface area (Å²) in [5.74, 6) is -0.283. The van der Waals surface area contributed by atoms with Crippen molar-refractivity contribution >= 4 is 17.1 Å². The van der Waals surface area contributed by atoms with Gasteiger partial charge in [-0.05, 0) is 25.1 Å². The number of oxazole rings is 1. The molecular formula is C12H14FN3O. The third kappa shape index (κ3) is 2.10. The Kier molecular flexibility index (Phi) is 2.68. The third-order valence-corrected chi connectivity index (χ3v) is 2.95. The topological polar surface area (TPSA) is 41.3 Å². The average molecular weight is 235 g/mol. The molecule has 2 aromatic rings. The highest BCUT2D eigenvalue weighted by Crippen LogP contribution is 2.22. The SMILES string of the molecule is Fc1ccc2oc(N3CCCNCC3)nc2c1. The van der Waals surface area contributed by atoms with E-state index in [1.54, 1.807) is 6.07 Å². The first-order chi connectivity index (χ1) is 8.33. The molecule has 1 aliphatic heterocycles. The minimum atomic E-state index is -0.283. The lowest BCUT2D eigenvalue weighted by molar-refractivity contribution is 0.570. The highest BCUT2D eigenvalue weighted by Gasteiger charge is 2.15. The summed E-state index contributed by atoms with van der Waals surface area (Å²) in [5, 5.41) is 3.32. The van der Waals surface area contributed by atoms with Crippen LogP contribution in [0.3, 0.4) is 0 Å². The molecule has 5 heteroatoms. The van der Waals surface area contributed by atoms with Gasteiger partial charge in [-0.3, -0.25) is 0 Å². The second kappa shape index (κ2) is 4.33. The van der Waals surface area contributed by atoms with Gasteiger partial charge in [0.1, 0.15) is 11.3 Å². The van der Waals surface area contributed by atoms with E-state index >= 15 is 0 Å². The van der Waals surface area contributed by atoms with Gasteiger partial charge >= 0.3 is 0 Å². The van der Waals surface area contributed by atoms with Crippen LogP contribution in [-0.2, 0) is 0 Å². The summed E-state index contributed by atoms with van der Waals surface area (Å²) in [6.45, 7) is 3.73. The fourth-order valence-electron chi connectivity index (χ4n) is 2.06. The smallest absolute Gasteiger partial charge is 0.298 e. The standard InChI is InChI=1S/C12H14FN3O/c13-9-2-3-11-10(8-9)15-12(17-11)16-6-1-4-14-5-7-16/h2-3,8,14H,1,4-7H2. The molecule has 90 valence electrons. The zero-order valence-corrected chi connectivity index (χ0v) is 9.45. The van der Waals surface area contributed by atoms with E-state index < -0.39 is 0 Å². The van der Waals surface area contributed by atoms with E-state index in [0.29, 0.717) is 17.1 Å². The van der Waals surface area contributed by atoms with Gasteiger partial charge in [0.05, 0.1) is 0 Å². The molecule has 0 bridgehead atoms. The molecule has 0 saturated carbocycles. The van der Waals surface area contributed by atoms with Crippen LogP contribution < -0.4 is 10.2 Å². The Bertz CT molecular complexity index is 517. The minimum absolute atomic E-state index is 0.283. The van der Waals surface area contributed by atoms with Crippen molar-refractivity contribution in [2.24, 2.45) is 0 Å². The number of benzene rings is 1. The predicted molar refractivity (Wildman–Crippen MR) is 63.7 cm³/mol. The van der Waals surface area contributed by atoms with E-state index in [4.69, 9.17) is 4.42 Å². The second-order valence-corrected chi connectivity index (χ2v) is 4.20. The van der Waals surface area contributed by atoms with Crippen LogP contribution in [0, 0.1) is 5.82 Å². The molecule has 1 N–H and O–H groups in total. The molecule has 0 radical (unpaired) electrons. The van der Waals surface area contributed by atoms with Crippen molar-refractivity contribution in [1.29, 1.82) is 0 Å². The molecule has 2 heterocycles. The molecule has 1 aliphatic rings. The third-order valence-electron chi connectivity index (χ3n) is 2.95. The van der Waals surface area contributed by atoms with Crippen molar-refractivity contribution in [2.75, 3.05) is 31.1 Å². The van der Waals surface area contributed by atoms with E-state index in [0.717, 1.165) is 32.6 Å². The first kappa shape index (κ1) is 10.5. The molecule has 1 aromatic carbocycles. The number of nitrogens with zero attached hydrogens (tertiary/aromatic N) is 2. The number of hydrogen-bond acceptors (Lipinski definition) is 4. The monoisotopic (exact) mass is 235 g/mol. The number of aromatic nitrogens is 1. The average Bonchev–Trinajstić information content (AvgIpc) is 2.57. The summed E-state index contributed by atoms with van der Waals surface area (Å²) in [5.41, 5.74) is 1.22. The van der Waals surface area contributed by atoms with Crippen molar-refractivity contribution in [3.8, 4) is 0 Å². The maximum absolute atomic E-state index is 13.0. The van der Waals surface area contributed by atoms with Gasteiger partial charge in [0, 0.05) is 25.7 Å². The molecule has 1 fully saturated rings. The van der Waals surface area contributed by atoms with Crippen LogP contribution in [0.25, 0.3) is 11.1 Å². The first-order valence-electron chi connectivity index (χ1n) is 5.85. The summed E-state index contributed by atoms with van der Waals surface area (Å²) in [6.07, 6.45) is 1.06. The lowest BCUT2D eigenvalue weighted by Gasteiger charge is -2.16. The molecule has 0 amide bonds. The summed E-state index contributed by atoms with van der Waals surface area (Å²) < 4.78 is 18.7. The fraction of sp³-hybridized carbons (Fsp3) is 0.417. The first-order valence-corrected chi connectivity index (χ1v) is 5.85. The highest BCUT2D eigenvalue weighted by atomic mass is 19.1. The highest BCUT2D eigenvalue weighted by molar-refractivity contribution is 5.74. The Morgan fingerprint density at radius 2 is 2.24 bits per heavy atom. The van der Waals surface area contributed by atoms with Gasteiger partial charge in [-0.1, -0.05) is 0 Å². The van der Waals surface area contributed by atoms with E-state index in [-0.39, 0.29) is 5.82 Å². The molecule has 4 nitrogen and oxygen atoms in total. The Morgan fingerprint density at radius 3 is 3.18 bits per heavy atom. The maximum Gasteiger partial charge on any atom is 0.298 e. The fourth-order valence-corrected chi connectivity index (χ4v) is 2.06. The van der Waals surface area contributed by atoms with Crippen molar-refractivity contribution in [1.82, 2.24) is 10.3 Å². The Labute approximate surface area is 98.4 Å². The molecule has 0 spiro atoms. The summed E-state index contributed by atoms with van der Waals surface area (Å²) >= 11 is 0. The van der Waals surface area contributed by atoms with Crippen molar-refractivity contribution < 1.29 is 8.81 Å². The zero-order chi connectivity index (χ0) is 11.7. The molecule has 17 heavy (non-hydrogen) atoms. The van der Waals surface area contributed by atoms with Gasteiger partial charge in [-0.25, -0.2) is 4.39 Å². The lowest BCUT2D eigenvalue weighted by Crippen LogP contribution is -2.27. The number of halogens is 1. The van der Waals surface area contributed by atoms with E-state index in [1.807, 2.05) is 0 Å². The Morgan fingerprint density at radius 1 is 1.29 bits per heavy atom. The van der Waals surface area contributed by atoms with Crippen LogP contribution in [0.4, 0.5) is 10.4 Å². The van der Waals surface area contributed by atoms with Crippen LogP contribution in [0.5, 0.6) is 0 Å². The summed E-state index contributed by atoms with van der Waals surface area (Å²) in [4.78, 5) is 6.43. The molecule has 0 atom stereocenters. The lowest BCUT2D eigenvalue weighted by atomic mass is 10.3. The van der Waals surface area contributed by atoms with Crippen LogP contribution in [0.2, 0.25) is 0 Å². The van der Waals surface area contributed by atoms with Gasteiger partial charge in [0.25, 0.3) is 6.01 Å². The predicted octanol–water partition coefficient (Wildman–Crippen LogP) is 1.77. The number of anilines is 1. The van der Waals surface area contributed by atoms with Crippen LogP contribution in [0.1, 0.15) is 6.42 Å². The molecule has 1 aromatic heterocycles. The van der Waals surface area contributed by atoms with Crippen LogP contribution in [0.15, 0.2) is 22.6 Å². The van der Waals surface area contributed by atoms with E-state index in [1.165, 1.54) is 12.1 Å². The van der Waals surface area contributed by atoms with Gasteiger partial charge in [-0.15, -0.1) is 0 Å². The zero-order valence-electron chi connectivity index (χ0n) is 9.45. The molecule has 0 aliphatic carbocycles. The second-order valence-electron chi connectivity index (χ2n) is 4.20. The molecule has 3 rings (SSSR count). The number of nitrogens with one attached hydrogen (secondary N) is 1. The summed E-state index contributed by atoms with van der Waals surface area (Å²) in [6, 6.07) is 5.01. The van der Waals surface area contributed by atoms with Gasteiger partial charge in [0.15, 0.2) is 5.58 Å². The Hall–Kier alpha value is -1.62. The van der Waals surface area contributed by atoms with Crippen LogP contribution in [-0.4, -0.2) is 31.2 Å².